The van der Waals surface area contributed by atoms with Gasteiger partial charge >= 0.3 is 0 Å². The monoisotopic (exact) mass is 159 g/mol. The molecular weight excluding hydrogens is 147 g/mol. The molecule has 0 amide bonds. The van der Waals surface area contributed by atoms with Crippen LogP contribution in [0.2, 0.25) is 0 Å². The molecule has 0 N–H and O–H groups in total. The SMILES string of the molecule is [B]N1CCN([B])CCN([B])CC1. The summed E-state index contributed by atoms with van der Waals surface area (Å²) < 4.78 is 0. The molecule has 0 bridgehead atoms. The van der Waals surface area contributed by atoms with Crippen molar-refractivity contribution in [3.05, 3.63) is 0 Å². The van der Waals surface area contributed by atoms with Gasteiger partial charge in [-0.05, 0) is 39.3 Å². The standard InChI is InChI=1S/C6H12B3N3/c7-10-1-2-11(8)5-6-12(9)4-3-10/h1-6H2. The van der Waals surface area contributed by atoms with E-state index in [0.717, 1.165) is 39.3 Å². The van der Waals surface area contributed by atoms with Crippen molar-refractivity contribution in [2.75, 3.05) is 39.3 Å². The van der Waals surface area contributed by atoms with Crippen LogP contribution in [0.25, 0.3) is 0 Å². The minimum absolute atomic E-state index is 0.796. The molecule has 60 valence electrons. The minimum atomic E-state index is 0.796. The maximum absolute atomic E-state index is 5.67. The van der Waals surface area contributed by atoms with E-state index in [-0.39, 0.29) is 0 Å². The van der Waals surface area contributed by atoms with E-state index in [2.05, 4.69) is 0 Å². The van der Waals surface area contributed by atoms with Gasteiger partial charge in [0.25, 0.3) is 0 Å². The molecule has 0 unspecified atom stereocenters. The van der Waals surface area contributed by atoms with Gasteiger partial charge in [-0.3, -0.25) is 0 Å². The third-order valence-electron chi connectivity index (χ3n) is 2.02. The van der Waals surface area contributed by atoms with E-state index in [1.165, 1.54) is 0 Å². The van der Waals surface area contributed by atoms with Crippen LogP contribution in [0.15, 0.2) is 0 Å². The van der Waals surface area contributed by atoms with E-state index in [0.29, 0.717) is 0 Å². The van der Waals surface area contributed by atoms with Gasteiger partial charge in [0.15, 0.2) is 23.9 Å². The second-order valence-electron chi connectivity index (χ2n) is 3.11. The molecule has 1 rings (SSSR count). The second-order valence-corrected chi connectivity index (χ2v) is 3.11. The van der Waals surface area contributed by atoms with E-state index in [4.69, 9.17) is 23.9 Å². The van der Waals surface area contributed by atoms with Crippen molar-refractivity contribution < 1.29 is 0 Å². The van der Waals surface area contributed by atoms with Gasteiger partial charge in [0.05, 0.1) is 0 Å². The Balaban J connectivity index is 2.36. The number of rotatable bonds is 0. The normalized spacial score (nSPS) is 26.0. The molecule has 1 aliphatic rings. The quantitative estimate of drug-likeness (QED) is 0.384. The summed E-state index contributed by atoms with van der Waals surface area (Å²) in [5, 5.41) is 0. The van der Waals surface area contributed by atoms with Gasteiger partial charge in [-0.15, -0.1) is 0 Å². The van der Waals surface area contributed by atoms with Crippen molar-refractivity contribution in [3.8, 4) is 0 Å². The van der Waals surface area contributed by atoms with E-state index >= 15 is 0 Å². The number of nitrogens with zero attached hydrogens (tertiary/aromatic N) is 3. The molecule has 6 radical (unpaired) electrons. The van der Waals surface area contributed by atoms with Crippen LogP contribution in [0.1, 0.15) is 0 Å². The molecule has 0 aliphatic carbocycles. The van der Waals surface area contributed by atoms with Gasteiger partial charge in [0, 0.05) is 0 Å². The third-order valence-corrected chi connectivity index (χ3v) is 2.02. The summed E-state index contributed by atoms with van der Waals surface area (Å²) in [7, 11) is 17.0. The van der Waals surface area contributed by atoms with Crippen LogP contribution < -0.4 is 0 Å². The summed E-state index contributed by atoms with van der Waals surface area (Å²) in [4.78, 5) is 5.22. The Bertz CT molecular complexity index is 99.4. The van der Waals surface area contributed by atoms with E-state index in [1.54, 1.807) is 14.4 Å². The van der Waals surface area contributed by atoms with Gasteiger partial charge in [0.1, 0.15) is 0 Å². The zero-order valence-corrected chi connectivity index (χ0v) is 7.32. The van der Waals surface area contributed by atoms with E-state index < -0.39 is 0 Å². The Hall–Kier alpha value is 0.0748. The zero-order chi connectivity index (χ0) is 8.97. The Kier molecular flexibility index (Phi) is 4.19. The molecule has 0 atom stereocenters. The Morgan fingerprint density at radius 3 is 0.833 bits per heavy atom. The maximum atomic E-state index is 5.67. The highest BCUT2D eigenvalue weighted by Gasteiger charge is 2.07. The molecule has 6 heteroatoms. The van der Waals surface area contributed by atoms with Crippen LogP contribution in [0.3, 0.4) is 0 Å². The largest absolute Gasteiger partial charge is 0.351 e. The first-order valence-electron chi connectivity index (χ1n) is 4.17. The molecule has 1 heterocycles. The van der Waals surface area contributed by atoms with Gasteiger partial charge in [-0.25, -0.2) is 0 Å². The van der Waals surface area contributed by atoms with E-state index in [9.17, 15) is 0 Å². The summed E-state index contributed by atoms with van der Waals surface area (Å²) in [5.41, 5.74) is 0. The van der Waals surface area contributed by atoms with Gasteiger partial charge < -0.3 is 14.4 Å². The van der Waals surface area contributed by atoms with Crippen LogP contribution in [0.4, 0.5) is 0 Å². The third kappa shape index (κ3) is 3.65. The molecular formula is C6H12B3N3. The fourth-order valence-electron chi connectivity index (χ4n) is 1.11. The molecule has 0 aromatic carbocycles. The fraction of sp³-hybridized carbons (Fsp3) is 1.00. The lowest BCUT2D eigenvalue weighted by molar-refractivity contribution is 0.398. The van der Waals surface area contributed by atoms with Crippen LogP contribution in [-0.4, -0.2) is 77.6 Å². The Morgan fingerprint density at radius 1 is 0.500 bits per heavy atom. The number of hydrogen-bond donors (Lipinski definition) is 0. The molecule has 12 heavy (non-hydrogen) atoms. The summed E-state index contributed by atoms with van der Waals surface area (Å²) in [6.45, 7) is 4.78. The highest BCUT2D eigenvalue weighted by atomic mass is 15.2. The Labute approximate surface area is 78.4 Å². The topological polar surface area (TPSA) is 9.72 Å². The van der Waals surface area contributed by atoms with Crippen molar-refractivity contribution >= 4 is 23.9 Å². The predicted octanol–water partition coefficient (Wildman–Crippen LogP) is -1.84. The molecule has 1 aliphatic heterocycles. The maximum Gasteiger partial charge on any atom is 0.182 e. The predicted molar refractivity (Wildman–Crippen MR) is 52.0 cm³/mol. The summed E-state index contributed by atoms with van der Waals surface area (Å²) in [5.74, 6) is 0. The lowest BCUT2D eigenvalue weighted by Crippen LogP contribution is -2.33. The molecule has 0 spiro atoms. The highest BCUT2D eigenvalue weighted by molar-refractivity contribution is 6.06. The Morgan fingerprint density at radius 2 is 0.667 bits per heavy atom. The fourth-order valence-corrected chi connectivity index (χ4v) is 1.11. The van der Waals surface area contributed by atoms with Crippen molar-refractivity contribution in [3.63, 3.8) is 0 Å². The van der Waals surface area contributed by atoms with Gasteiger partial charge in [-0.1, -0.05) is 0 Å². The van der Waals surface area contributed by atoms with E-state index in [1.807, 2.05) is 0 Å². The zero-order valence-electron chi connectivity index (χ0n) is 7.32. The molecule has 3 nitrogen and oxygen atoms in total. The molecule has 0 saturated carbocycles. The van der Waals surface area contributed by atoms with Crippen LogP contribution in [0.5, 0.6) is 0 Å². The van der Waals surface area contributed by atoms with Crippen LogP contribution in [-0.2, 0) is 0 Å². The minimum Gasteiger partial charge on any atom is -0.351 e. The highest BCUT2D eigenvalue weighted by Crippen LogP contribution is 1.92. The van der Waals surface area contributed by atoms with Crippen molar-refractivity contribution in [1.29, 1.82) is 0 Å². The molecule has 0 aromatic rings. The van der Waals surface area contributed by atoms with Gasteiger partial charge in [0.2, 0.25) is 0 Å². The summed E-state index contributed by atoms with van der Waals surface area (Å²) in [6, 6.07) is 0. The molecule has 0 aromatic heterocycles. The van der Waals surface area contributed by atoms with Gasteiger partial charge in [-0.2, -0.15) is 0 Å². The first-order chi connectivity index (χ1) is 5.68. The van der Waals surface area contributed by atoms with Crippen LogP contribution >= 0.6 is 0 Å². The number of hydrogen-bond acceptors (Lipinski definition) is 3. The summed E-state index contributed by atoms with van der Waals surface area (Å²) >= 11 is 0. The first-order valence-corrected chi connectivity index (χ1v) is 4.17. The first kappa shape index (κ1) is 10.2. The average molecular weight is 159 g/mol. The second kappa shape index (κ2) is 4.95. The molecule has 1 fully saturated rings. The average Bonchev–Trinajstić information content (AvgIpc) is 2.11. The molecule has 1 saturated heterocycles. The van der Waals surface area contributed by atoms with Crippen molar-refractivity contribution in [1.82, 2.24) is 14.4 Å². The lowest BCUT2D eigenvalue weighted by Gasteiger charge is -2.19. The van der Waals surface area contributed by atoms with Crippen molar-refractivity contribution in [2.24, 2.45) is 0 Å². The van der Waals surface area contributed by atoms with Crippen LogP contribution in [0, 0.1) is 0 Å². The smallest absolute Gasteiger partial charge is 0.182 e. The summed E-state index contributed by atoms with van der Waals surface area (Å²) in [6.07, 6.45) is 0. The van der Waals surface area contributed by atoms with Crippen molar-refractivity contribution in [2.45, 2.75) is 0 Å². The lowest BCUT2D eigenvalue weighted by atomic mass is 10.2.